The molecular formula is C23H54N2. The summed E-state index contributed by atoms with van der Waals surface area (Å²) in [6.45, 7) is 20.8. The predicted molar refractivity (Wildman–Crippen MR) is 119 cm³/mol. The van der Waals surface area contributed by atoms with E-state index in [1.807, 2.05) is 6.92 Å². The zero-order chi connectivity index (χ0) is 20.3. The van der Waals surface area contributed by atoms with Gasteiger partial charge in [-0.05, 0) is 49.5 Å². The average molecular weight is 359 g/mol. The molecule has 0 radical (unpaired) electrons. The summed E-state index contributed by atoms with van der Waals surface area (Å²) in [6, 6.07) is 0.548. The van der Waals surface area contributed by atoms with Crippen LogP contribution in [-0.4, -0.2) is 12.6 Å². The molecule has 0 saturated heterocycles. The molecule has 0 aromatic rings. The Hall–Kier alpha value is -0.0800. The Morgan fingerprint density at radius 2 is 1.36 bits per heavy atom. The molecule has 2 atom stereocenters. The highest BCUT2D eigenvalue weighted by atomic mass is 14.7. The molecule has 0 spiro atoms. The third-order valence-corrected chi connectivity index (χ3v) is 4.85. The summed E-state index contributed by atoms with van der Waals surface area (Å²) in [6.07, 6.45) is 10.7. The van der Waals surface area contributed by atoms with Crippen molar-refractivity contribution in [2.45, 2.75) is 120 Å². The van der Waals surface area contributed by atoms with Crippen LogP contribution in [0.15, 0.2) is 0 Å². The number of hydrogen-bond donors (Lipinski definition) is 2. The molecule has 0 heterocycles. The zero-order valence-electron chi connectivity index (χ0n) is 19.4. The zero-order valence-corrected chi connectivity index (χ0v) is 19.4. The molecule has 1 aliphatic carbocycles. The maximum absolute atomic E-state index is 5.64. The van der Waals surface area contributed by atoms with E-state index in [1.165, 1.54) is 51.4 Å². The van der Waals surface area contributed by atoms with Gasteiger partial charge in [0.05, 0.1) is 0 Å². The Bertz CT molecular complexity index is 220. The van der Waals surface area contributed by atoms with E-state index in [0.717, 1.165) is 30.2 Å². The number of rotatable bonds is 7. The van der Waals surface area contributed by atoms with Gasteiger partial charge in [-0.25, -0.2) is 0 Å². The minimum absolute atomic E-state index is 0.548. The normalized spacial score (nSPS) is 20.6. The molecule has 0 aromatic carbocycles. The van der Waals surface area contributed by atoms with Crippen molar-refractivity contribution < 1.29 is 0 Å². The van der Waals surface area contributed by atoms with Crippen molar-refractivity contribution in [3.8, 4) is 0 Å². The van der Waals surface area contributed by atoms with Crippen LogP contribution in [0.1, 0.15) is 114 Å². The molecule has 2 nitrogen and oxygen atoms in total. The van der Waals surface area contributed by atoms with E-state index in [0.29, 0.717) is 6.04 Å². The van der Waals surface area contributed by atoms with E-state index in [9.17, 15) is 0 Å². The van der Waals surface area contributed by atoms with Crippen LogP contribution in [0.25, 0.3) is 0 Å². The van der Waals surface area contributed by atoms with E-state index in [1.54, 1.807) is 0 Å². The fourth-order valence-electron chi connectivity index (χ4n) is 2.59. The smallest absolute Gasteiger partial charge is 0.00441 e. The molecule has 0 amide bonds. The summed E-state index contributed by atoms with van der Waals surface area (Å²) in [4.78, 5) is 0. The molecule has 0 aromatic heterocycles. The molecule has 0 bridgehead atoms. The summed E-state index contributed by atoms with van der Waals surface area (Å²) in [7, 11) is 0. The van der Waals surface area contributed by atoms with Crippen LogP contribution in [0.5, 0.6) is 0 Å². The predicted octanol–water partition coefficient (Wildman–Crippen LogP) is 7.01. The second-order valence-electron chi connectivity index (χ2n) is 8.33. The first kappa shape index (κ1) is 29.7. The number of unbranched alkanes of at least 4 members (excludes halogenated alkanes) is 1. The van der Waals surface area contributed by atoms with E-state index < -0.39 is 0 Å². The monoisotopic (exact) mass is 358 g/mol. The van der Waals surface area contributed by atoms with Crippen LogP contribution >= 0.6 is 0 Å². The highest BCUT2D eigenvalue weighted by Crippen LogP contribution is 2.29. The molecule has 4 N–H and O–H groups in total. The Morgan fingerprint density at radius 1 is 0.920 bits per heavy atom. The highest BCUT2D eigenvalue weighted by molar-refractivity contribution is 4.81. The van der Waals surface area contributed by atoms with E-state index in [4.69, 9.17) is 11.5 Å². The van der Waals surface area contributed by atoms with Crippen LogP contribution in [0.3, 0.4) is 0 Å². The molecule has 1 rings (SSSR count). The largest absolute Gasteiger partial charge is 0.331 e. The van der Waals surface area contributed by atoms with Crippen LogP contribution in [0, 0.1) is 23.7 Å². The molecule has 156 valence electrons. The lowest BCUT2D eigenvalue weighted by atomic mass is 9.78. The van der Waals surface area contributed by atoms with Gasteiger partial charge in [-0.1, -0.05) is 94.4 Å². The Balaban J connectivity index is -0.000000296. The summed E-state index contributed by atoms with van der Waals surface area (Å²) >= 11 is 0. The van der Waals surface area contributed by atoms with Gasteiger partial charge in [-0.3, -0.25) is 0 Å². The van der Waals surface area contributed by atoms with Gasteiger partial charge < -0.3 is 11.5 Å². The third kappa shape index (κ3) is 23.9. The molecule has 2 unspecified atom stereocenters. The van der Waals surface area contributed by atoms with Crippen molar-refractivity contribution in [2.75, 3.05) is 6.54 Å². The fourth-order valence-corrected chi connectivity index (χ4v) is 2.59. The van der Waals surface area contributed by atoms with Crippen molar-refractivity contribution in [3.63, 3.8) is 0 Å². The summed E-state index contributed by atoms with van der Waals surface area (Å²) in [5.74, 6) is 3.65. The van der Waals surface area contributed by atoms with Gasteiger partial charge in [0.2, 0.25) is 0 Å². The van der Waals surface area contributed by atoms with Gasteiger partial charge in [-0.15, -0.1) is 0 Å². The summed E-state index contributed by atoms with van der Waals surface area (Å²) in [5.41, 5.74) is 10.5. The van der Waals surface area contributed by atoms with Crippen molar-refractivity contribution in [3.05, 3.63) is 0 Å². The van der Waals surface area contributed by atoms with E-state index >= 15 is 0 Å². The maximum Gasteiger partial charge on any atom is 0.00441 e. The standard InChI is InChI=1S/C10H22.C8H17N.C3H8.C2H7N/c1-6-9(4)7-10(5)8(2)3;1-2-3-4-7-5-8(9)6-7;1-3-2;1-2-3/h8-10H,6-7H2,1-5H3;7-8H,2-6,9H2,1H3;3H2,1-2H3;2-3H2,1H3. The van der Waals surface area contributed by atoms with Gasteiger partial charge in [0.25, 0.3) is 0 Å². The van der Waals surface area contributed by atoms with Crippen LogP contribution in [0.4, 0.5) is 0 Å². The quantitative estimate of drug-likeness (QED) is 0.514. The minimum atomic E-state index is 0.548. The molecule has 1 fully saturated rings. The van der Waals surface area contributed by atoms with Gasteiger partial charge in [0, 0.05) is 6.04 Å². The average Bonchev–Trinajstić information content (AvgIpc) is 2.52. The highest BCUT2D eigenvalue weighted by Gasteiger charge is 2.24. The fraction of sp³-hybridized carbons (Fsp3) is 1.00. The van der Waals surface area contributed by atoms with Crippen molar-refractivity contribution in [1.29, 1.82) is 0 Å². The molecule has 2 heteroatoms. The first-order valence-corrected chi connectivity index (χ1v) is 11.2. The van der Waals surface area contributed by atoms with Crippen molar-refractivity contribution in [1.82, 2.24) is 0 Å². The molecule has 25 heavy (non-hydrogen) atoms. The number of nitrogens with two attached hydrogens (primary N) is 2. The van der Waals surface area contributed by atoms with Crippen LogP contribution in [0.2, 0.25) is 0 Å². The number of hydrogen-bond acceptors (Lipinski definition) is 2. The summed E-state index contributed by atoms with van der Waals surface area (Å²) < 4.78 is 0. The molecule has 1 saturated carbocycles. The van der Waals surface area contributed by atoms with Gasteiger partial charge >= 0.3 is 0 Å². The van der Waals surface area contributed by atoms with Crippen LogP contribution < -0.4 is 11.5 Å². The SMILES string of the molecule is CCC.CCC(C)CC(C)C(C)C.CCCCC1CC(N)C1.CCN. The maximum atomic E-state index is 5.64. The molecule has 0 aliphatic heterocycles. The lowest BCUT2D eigenvalue weighted by molar-refractivity contribution is 0.245. The van der Waals surface area contributed by atoms with Gasteiger partial charge in [0.15, 0.2) is 0 Å². The second kappa shape index (κ2) is 22.0. The Morgan fingerprint density at radius 3 is 1.64 bits per heavy atom. The second-order valence-corrected chi connectivity index (χ2v) is 8.33. The molecular weight excluding hydrogens is 304 g/mol. The lowest BCUT2D eigenvalue weighted by Gasteiger charge is -2.32. The van der Waals surface area contributed by atoms with Gasteiger partial charge in [0.1, 0.15) is 0 Å². The minimum Gasteiger partial charge on any atom is -0.331 e. The third-order valence-electron chi connectivity index (χ3n) is 4.85. The van der Waals surface area contributed by atoms with E-state index in [2.05, 4.69) is 55.4 Å². The molecule has 1 aliphatic rings. The van der Waals surface area contributed by atoms with Gasteiger partial charge in [-0.2, -0.15) is 0 Å². The summed E-state index contributed by atoms with van der Waals surface area (Å²) in [5, 5.41) is 0. The first-order chi connectivity index (χ1) is 11.7. The van der Waals surface area contributed by atoms with Crippen molar-refractivity contribution in [2.24, 2.45) is 35.1 Å². The van der Waals surface area contributed by atoms with Crippen molar-refractivity contribution >= 4 is 0 Å². The van der Waals surface area contributed by atoms with E-state index in [-0.39, 0.29) is 0 Å². The first-order valence-electron chi connectivity index (χ1n) is 11.2. The van der Waals surface area contributed by atoms with Crippen LogP contribution in [-0.2, 0) is 0 Å². The Labute approximate surface area is 161 Å². The Kier molecular flexibility index (Phi) is 26.1. The lowest BCUT2D eigenvalue weighted by Crippen LogP contribution is -2.36. The topological polar surface area (TPSA) is 52.0 Å².